The number of para-hydroxylation sites is 1. The lowest BCUT2D eigenvalue weighted by atomic mass is 10.2. The van der Waals surface area contributed by atoms with Gasteiger partial charge in [0.15, 0.2) is 0 Å². The zero-order valence-corrected chi connectivity index (χ0v) is 12.3. The Kier molecular flexibility index (Phi) is 4.78. The van der Waals surface area contributed by atoms with Gasteiger partial charge in [0.25, 0.3) is 0 Å². The number of hydrogen-bond acceptors (Lipinski definition) is 3. The number of carbonyl (C=O) groups is 1. The highest BCUT2D eigenvalue weighted by atomic mass is 127. The van der Waals surface area contributed by atoms with Crippen LogP contribution < -0.4 is 4.74 Å². The van der Waals surface area contributed by atoms with Crippen molar-refractivity contribution in [2.45, 2.75) is 13.0 Å². The molecule has 0 aliphatic rings. The van der Waals surface area contributed by atoms with Gasteiger partial charge in [0.2, 0.25) is 0 Å². The fourth-order valence-electron chi connectivity index (χ4n) is 1.64. The van der Waals surface area contributed by atoms with E-state index in [0.29, 0.717) is 12.4 Å². The molecule has 0 unspecified atom stereocenters. The number of hydrogen-bond donors (Lipinski definition) is 1. The summed E-state index contributed by atoms with van der Waals surface area (Å²) < 4.78 is 8.44. The minimum atomic E-state index is -0.975. The van der Waals surface area contributed by atoms with Crippen LogP contribution in [0.2, 0.25) is 0 Å². The first-order chi connectivity index (χ1) is 9.16. The largest absolute Gasteiger partial charge is 0.493 e. The van der Waals surface area contributed by atoms with E-state index < -0.39 is 5.97 Å². The van der Waals surface area contributed by atoms with Gasteiger partial charge in [0.05, 0.1) is 16.4 Å². The van der Waals surface area contributed by atoms with E-state index in [1.54, 1.807) is 24.4 Å². The normalized spacial score (nSPS) is 10.4. The van der Waals surface area contributed by atoms with Crippen LogP contribution in [-0.2, 0) is 6.54 Å². The first-order valence-electron chi connectivity index (χ1n) is 5.80. The molecule has 0 aliphatic heterocycles. The Hall–Kier alpha value is -1.57. The average molecular weight is 372 g/mol. The van der Waals surface area contributed by atoms with Crippen molar-refractivity contribution in [1.29, 1.82) is 0 Å². The molecule has 2 aromatic rings. The van der Waals surface area contributed by atoms with Gasteiger partial charge < -0.3 is 9.84 Å². The van der Waals surface area contributed by atoms with E-state index in [2.05, 4.69) is 27.7 Å². The van der Waals surface area contributed by atoms with Crippen LogP contribution in [0.3, 0.4) is 0 Å². The van der Waals surface area contributed by atoms with Crippen molar-refractivity contribution in [2.75, 3.05) is 6.61 Å². The summed E-state index contributed by atoms with van der Waals surface area (Å²) in [5.41, 5.74) is 0.191. The van der Waals surface area contributed by atoms with Crippen LogP contribution in [0.15, 0.2) is 36.7 Å². The van der Waals surface area contributed by atoms with Crippen LogP contribution in [0.5, 0.6) is 5.75 Å². The minimum absolute atomic E-state index is 0.191. The molecule has 0 bridgehead atoms. The van der Waals surface area contributed by atoms with Crippen LogP contribution in [0, 0.1) is 3.57 Å². The van der Waals surface area contributed by atoms with Crippen molar-refractivity contribution in [2.24, 2.45) is 0 Å². The summed E-state index contributed by atoms with van der Waals surface area (Å²) in [5.74, 6) is -0.567. The zero-order valence-electron chi connectivity index (χ0n) is 10.1. The third-order valence-corrected chi connectivity index (χ3v) is 3.07. The number of halogens is 1. The second-order valence-electron chi connectivity index (χ2n) is 3.92. The van der Waals surface area contributed by atoms with E-state index in [1.807, 2.05) is 10.9 Å². The topological polar surface area (TPSA) is 64.3 Å². The third kappa shape index (κ3) is 3.95. The predicted molar refractivity (Wildman–Crippen MR) is 78.5 cm³/mol. The number of rotatable bonds is 6. The molecule has 0 aliphatic carbocycles. The van der Waals surface area contributed by atoms with Gasteiger partial charge in [-0.2, -0.15) is 5.10 Å². The Labute approximate surface area is 124 Å². The summed E-state index contributed by atoms with van der Waals surface area (Å²) in [6.07, 6.45) is 4.51. The van der Waals surface area contributed by atoms with Crippen molar-refractivity contribution in [3.8, 4) is 5.75 Å². The minimum Gasteiger partial charge on any atom is -0.493 e. The van der Waals surface area contributed by atoms with Crippen LogP contribution in [0.4, 0.5) is 0 Å². The lowest BCUT2D eigenvalue weighted by molar-refractivity contribution is 0.0692. The summed E-state index contributed by atoms with van der Waals surface area (Å²) in [4.78, 5) is 11.0. The number of aromatic carboxylic acids is 1. The number of aryl methyl sites for hydroxylation is 1. The van der Waals surface area contributed by atoms with Crippen molar-refractivity contribution in [1.82, 2.24) is 9.78 Å². The quantitative estimate of drug-likeness (QED) is 0.626. The third-order valence-electron chi connectivity index (χ3n) is 2.51. The van der Waals surface area contributed by atoms with E-state index in [4.69, 9.17) is 9.84 Å². The Balaban J connectivity index is 1.84. The highest BCUT2D eigenvalue weighted by molar-refractivity contribution is 14.1. The molecule has 1 N–H and O–H groups in total. The molecule has 6 heteroatoms. The summed E-state index contributed by atoms with van der Waals surface area (Å²) in [6, 6.07) is 6.65. The van der Waals surface area contributed by atoms with E-state index in [9.17, 15) is 4.79 Å². The van der Waals surface area contributed by atoms with Gasteiger partial charge in [-0.3, -0.25) is 4.68 Å². The van der Waals surface area contributed by atoms with E-state index in [1.165, 1.54) is 6.07 Å². The molecule has 1 aromatic heterocycles. The van der Waals surface area contributed by atoms with E-state index in [0.717, 1.165) is 16.5 Å². The van der Waals surface area contributed by atoms with Gasteiger partial charge in [-0.25, -0.2) is 4.79 Å². The zero-order chi connectivity index (χ0) is 13.7. The van der Waals surface area contributed by atoms with Crippen LogP contribution >= 0.6 is 22.6 Å². The molecule has 1 heterocycles. The smallest absolute Gasteiger partial charge is 0.339 e. The molecule has 1 aromatic carbocycles. The number of carboxylic acids is 1. The highest BCUT2D eigenvalue weighted by Gasteiger charge is 2.09. The van der Waals surface area contributed by atoms with Gasteiger partial charge in [0.1, 0.15) is 11.3 Å². The molecule has 19 heavy (non-hydrogen) atoms. The lowest BCUT2D eigenvalue weighted by Crippen LogP contribution is -2.07. The summed E-state index contributed by atoms with van der Waals surface area (Å²) in [7, 11) is 0. The molecule has 0 radical (unpaired) electrons. The van der Waals surface area contributed by atoms with Gasteiger partial charge in [-0.15, -0.1) is 0 Å². The fourth-order valence-corrected chi connectivity index (χ4v) is 2.08. The van der Waals surface area contributed by atoms with Gasteiger partial charge in [-0.1, -0.05) is 12.1 Å². The van der Waals surface area contributed by atoms with E-state index >= 15 is 0 Å². The predicted octanol–water partition coefficient (Wildman–Crippen LogP) is 2.66. The maximum absolute atomic E-state index is 11.0. The monoisotopic (exact) mass is 372 g/mol. The second-order valence-corrected chi connectivity index (χ2v) is 5.17. The number of carboxylic acid groups (broad SMARTS) is 1. The lowest BCUT2D eigenvalue weighted by Gasteiger charge is -2.08. The molecule has 5 nitrogen and oxygen atoms in total. The number of benzene rings is 1. The summed E-state index contributed by atoms with van der Waals surface area (Å²) in [5, 5.41) is 13.2. The number of ether oxygens (including phenoxy) is 1. The highest BCUT2D eigenvalue weighted by Crippen LogP contribution is 2.17. The Morgan fingerprint density at radius 3 is 2.89 bits per heavy atom. The summed E-state index contributed by atoms with van der Waals surface area (Å²) in [6.45, 7) is 1.21. The molecular weight excluding hydrogens is 359 g/mol. The Bertz CT molecular complexity index is 569. The first kappa shape index (κ1) is 13.9. The molecule has 2 rings (SSSR count). The van der Waals surface area contributed by atoms with Gasteiger partial charge in [-0.05, 0) is 34.7 Å². The van der Waals surface area contributed by atoms with Crippen molar-refractivity contribution in [3.63, 3.8) is 0 Å². The maximum Gasteiger partial charge on any atom is 0.339 e. The fraction of sp³-hybridized carbons (Fsp3) is 0.231. The summed E-state index contributed by atoms with van der Waals surface area (Å²) >= 11 is 2.20. The maximum atomic E-state index is 11.0. The Morgan fingerprint density at radius 2 is 2.21 bits per heavy atom. The van der Waals surface area contributed by atoms with Crippen LogP contribution in [0.1, 0.15) is 16.8 Å². The molecule has 0 atom stereocenters. The van der Waals surface area contributed by atoms with Gasteiger partial charge in [0, 0.05) is 19.2 Å². The molecule has 0 spiro atoms. The first-order valence-corrected chi connectivity index (χ1v) is 6.88. The van der Waals surface area contributed by atoms with Crippen molar-refractivity contribution in [3.05, 3.63) is 45.8 Å². The molecular formula is C13H13IN2O3. The van der Waals surface area contributed by atoms with Crippen molar-refractivity contribution < 1.29 is 14.6 Å². The molecule has 0 amide bonds. The standard InChI is InChI=1S/C13H13IN2O3/c14-10-8-15-16(9-10)6-3-7-19-12-5-2-1-4-11(12)13(17)18/h1-2,4-5,8-9H,3,6-7H2,(H,17,18). The van der Waals surface area contributed by atoms with Crippen LogP contribution in [-0.4, -0.2) is 27.5 Å². The second kappa shape index (κ2) is 6.55. The average Bonchev–Trinajstić information content (AvgIpc) is 2.81. The van der Waals surface area contributed by atoms with Crippen LogP contribution in [0.25, 0.3) is 0 Å². The van der Waals surface area contributed by atoms with Crippen molar-refractivity contribution >= 4 is 28.6 Å². The number of nitrogens with zero attached hydrogens (tertiary/aromatic N) is 2. The molecule has 0 fully saturated rings. The number of aromatic nitrogens is 2. The molecule has 100 valence electrons. The van der Waals surface area contributed by atoms with E-state index in [-0.39, 0.29) is 5.56 Å². The van der Waals surface area contributed by atoms with Gasteiger partial charge >= 0.3 is 5.97 Å². The molecule has 0 saturated carbocycles. The SMILES string of the molecule is O=C(O)c1ccccc1OCCCn1cc(I)cn1. The molecule has 0 saturated heterocycles. The Morgan fingerprint density at radius 1 is 1.42 bits per heavy atom.